The summed E-state index contributed by atoms with van der Waals surface area (Å²) in [6, 6.07) is -0.665. The van der Waals surface area contributed by atoms with Crippen LogP contribution in [-0.2, 0) is 4.79 Å². The Hall–Kier alpha value is -1.26. The number of amides is 3. The Morgan fingerprint density at radius 1 is 1.73 bits per heavy atom. The van der Waals surface area contributed by atoms with E-state index in [4.69, 9.17) is 0 Å². The highest BCUT2D eigenvalue weighted by atomic mass is 16.2. The maximum Gasteiger partial charge on any atom is 0.315 e. The Labute approximate surface area is 64.5 Å². The van der Waals surface area contributed by atoms with Crippen LogP contribution in [0.3, 0.4) is 0 Å². The van der Waals surface area contributed by atoms with Gasteiger partial charge in [0.15, 0.2) is 0 Å². The molecule has 62 valence electrons. The second-order valence-corrected chi connectivity index (χ2v) is 2.36. The molecular formula is C6H11N3O2. The molecule has 0 spiro atoms. The van der Waals surface area contributed by atoms with Crippen LogP contribution >= 0.6 is 0 Å². The van der Waals surface area contributed by atoms with E-state index >= 15 is 0 Å². The molecule has 5 nitrogen and oxygen atoms in total. The van der Waals surface area contributed by atoms with Crippen LogP contribution in [0, 0.1) is 0 Å². The fourth-order valence-corrected chi connectivity index (χ4v) is 0.962. The molecule has 0 aromatic carbocycles. The molecule has 0 saturated carbocycles. The van der Waals surface area contributed by atoms with Crippen LogP contribution in [0.15, 0.2) is 0 Å². The zero-order valence-electron chi connectivity index (χ0n) is 6.31. The number of carbonyl (C=O) groups excluding carboxylic acids is 2. The minimum Gasteiger partial charge on any atom is -0.354 e. The normalized spacial score (nSPS) is 22.6. The van der Waals surface area contributed by atoms with Crippen LogP contribution in [0.25, 0.3) is 0 Å². The molecule has 1 aliphatic heterocycles. The van der Waals surface area contributed by atoms with Crippen LogP contribution in [0.5, 0.6) is 0 Å². The van der Waals surface area contributed by atoms with Gasteiger partial charge in [-0.1, -0.05) is 0 Å². The molecule has 11 heavy (non-hydrogen) atoms. The fraction of sp³-hybridized carbons (Fsp3) is 0.667. The highest BCUT2D eigenvalue weighted by Crippen LogP contribution is 1.97. The Morgan fingerprint density at radius 3 is 2.91 bits per heavy atom. The molecule has 0 bridgehead atoms. The molecule has 1 rings (SSSR count). The molecule has 1 heterocycles. The topological polar surface area (TPSA) is 70.2 Å². The molecular weight excluding hydrogens is 146 g/mol. The van der Waals surface area contributed by atoms with Crippen LogP contribution in [0.1, 0.15) is 6.42 Å². The summed E-state index contributed by atoms with van der Waals surface area (Å²) in [6.45, 7) is 0.646. The van der Waals surface area contributed by atoms with E-state index in [2.05, 4.69) is 16.0 Å². The van der Waals surface area contributed by atoms with Crippen molar-refractivity contribution in [3.8, 4) is 0 Å². The summed E-state index contributed by atoms with van der Waals surface area (Å²) in [5.41, 5.74) is 0. The lowest BCUT2D eigenvalue weighted by Gasteiger charge is -2.07. The molecule has 1 aliphatic rings. The molecule has 5 heteroatoms. The number of rotatable bonds is 1. The third kappa shape index (κ3) is 1.83. The number of hydrogen-bond acceptors (Lipinski definition) is 2. The Kier molecular flexibility index (Phi) is 2.30. The van der Waals surface area contributed by atoms with Gasteiger partial charge in [-0.25, -0.2) is 4.79 Å². The smallest absolute Gasteiger partial charge is 0.315 e. The van der Waals surface area contributed by atoms with Crippen molar-refractivity contribution >= 4 is 11.9 Å². The second-order valence-electron chi connectivity index (χ2n) is 2.36. The van der Waals surface area contributed by atoms with Crippen LogP contribution < -0.4 is 16.0 Å². The summed E-state index contributed by atoms with van der Waals surface area (Å²) < 4.78 is 0. The lowest BCUT2D eigenvalue weighted by molar-refractivity contribution is -0.120. The molecule has 1 unspecified atom stereocenters. The van der Waals surface area contributed by atoms with E-state index in [1.165, 1.54) is 7.05 Å². The van der Waals surface area contributed by atoms with Gasteiger partial charge in [0.05, 0.1) is 0 Å². The third-order valence-electron chi connectivity index (χ3n) is 1.58. The van der Waals surface area contributed by atoms with Gasteiger partial charge in [0.1, 0.15) is 6.04 Å². The zero-order valence-corrected chi connectivity index (χ0v) is 6.31. The first-order chi connectivity index (χ1) is 5.24. The van der Waals surface area contributed by atoms with Crippen LogP contribution in [0.4, 0.5) is 4.79 Å². The number of hydrogen-bond donors (Lipinski definition) is 3. The SMILES string of the molecule is CNC(=O)NC1CCNC1=O. The Balaban J connectivity index is 2.36. The molecule has 0 radical (unpaired) electrons. The van der Waals surface area contributed by atoms with E-state index in [0.29, 0.717) is 13.0 Å². The van der Waals surface area contributed by atoms with Gasteiger partial charge in [0.25, 0.3) is 0 Å². The molecule has 1 saturated heterocycles. The standard InChI is InChI=1S/C6H11N3O2/c1-7-6(11)9-4-2-3-8-5(4)10/h4H,2-3H2,1H3,(H,8,10)(H2,7,9,11). The minimum atomic E-state index is -0.352. The molecule has 1 fully saturated rings. The lowest BCUT2D eigenvalue weighted by atomic mass is 10.2. The average Bonchev–Trinajstić information content (AvgIpc) is 2.37. The summed E-state index contributed by atoms with van der Waals surface area (Å²) in [7, 11) is 1.52. The van der Waals surface area contributed by atoms with E-state index in [0.717, 1.165) is 0 Å². The van der Waals surface area contributed by atoms with Crippen LogP contribution in [0.2, 0.25) is 0 Å². The highest BCUT2D eigenvalue weighted by molar-refractivity contribution is 5.88. The highest BCUT2D eigenvalue weighted by Gasteiger charge is 2.24. The summed E-state index contributed by atoms with van der Waals surface area (Å²) in [6.07, 6.45) is 0.673. The Bertz CT molecular complexity index is 181. The monoisotopic (exact) mass is 157 g/mol. The van der Waals surface area contributed by atoms with Gasteiger partial charge in [-0.15, -0.1) is 0 Å². The van der Waals surface area contributed by atoms with Crippen molar-refractivity contribution in [3.05, 3.63) is 0 Å². The van der Waals surface area contributed by atoms with Crippen molar-refractivity contribution in [2.45, 2.75) is 12.5 Å². The first-order valence-corrected chi connectivity index (χ1v) is 3.50. The van der Waals surface area contributed by atoms with Crippen molar-refractivity contribution in [1.82, 2.24) is 16.0 Å². The lowest BCUT2D eigenvalue weighted by Crippen LogP contribution is -2.44. The maximum atomic E-state index is 10.9. The van der Waals surface area contributed by atoms with Gasteiger partial charge in [-0.2, -0.15) is 0 Å². The maximum absolute atomic E-state index is 10.9. The molecule has 0 aromatic heterocycles. The van der Waals surface area contributed by atoms with Crippen molar-refractivity contribution in [3.63, 3.8) is 0 Å². The van der Waals surface area contributed by atoms with Gasteiger partial charge in [0, 0.05) is 13.6 Å². The van der Waals surface area contributed by atoms with E-state index in [1.54, 1.807) is 0 Å². The molecule has 3 N–H and O–H groups in total. The van der Waals surface area contributed by atoms with E-state index in [1.807, 2.05) is 0 Å². The van der Waals surface area contributed by atoms with Crippen LogP contribution in [-0.4, -0.2) is 31.6 Å². The largest absolute Gasteiger partial charge is 0.354 e. The summed E-state index contributed by atoms with van der Waals surface area (Å²) in [4.78, 5) is 21.6. The van der Waals surface area contributed by atoms with Gasteiger partial charge in [0.2, 0.25) is 5.91 Å². The second kappa shape index (κ2) is 3.23. The van der Waals surface area contributed by atoms with Crippen molar-refractivity contribution in [2.24, 2.45) is 0 Å². The number of carbonyl (C=O) groups is 2. The van der Waals surface area contributed by atoms with Crippen molar-refractivity contribution in [1.29, 1.82) is 0 Å². The molecule has 3 amide bonds. The van der Waals surface area contributed by atoms with Gasteiger partial charge >= 0.3 is 6.03 Å². The van der Waals surface area contributed by atoms with Gasteiger partial charge < -0.3 is 16.0 Å². The number of nitrogens with one attached hydrogen (secondary N) is 3. The molecule has 1 atom stereocenters. The van der Waals surface area contributed by atoms with Gasteiger partial charge in [-0.05, 0) is 6.42 Å². The van der Waals surface area contributed by atoms with Crippen molar-refractivity contribution in [2.75, 3.05) is 13.6 Å². The van der Waals surface area contributed by atoms with Crippen molar-refractivity contribution < 1.29 is 9.59 Å². The summed E-state index contributed by atoms with van der Waals surface area (Å²) in [5.74, 6) is -0.103. The first kappa shape index (κ1) is 7.84. The quantitative estimate of drug-likeness (QED) is 0.447. The Morgan fingerprint density at radius 2 is 2.45 bits per heavy atom. The third-order valence-corrected chi connectivity index (χ3v) is 1.58. The van der Waals surface area contributed by atoms with E-state index in [9.17, 15) is 9.59 Å². The first-order valence-electron chi connectivity index (χ1n) is 3.50. The van der Waals surface area contributed by atoms with E-state index in [-0.39, 0.29) is 18.0 Å². The average molecular weight is 157 g/mol. The fourth-order valence-electron chi connectivity index (χ4n) is 0.962. The predicted octanol–water partition coefficient (Wildman–Crippen LogP) is -1.20. The predicted molar refractivity (Wildman–Crippen MR) is 39.0 cm³/mol. The molecule has 0 aromatic rings. The van der Waals surface area contributed by atoms with E-state index < -0.39 is 0 Å². The minimum absolute atomic E-state index is 0.103. The summed E-state index contributed by atoms with van der Waals surface area (Å²) >= 11 is 0. The zero-order chi connectivity index (χ0) is 8.27. The summed E-state index contributed by atoms with van der Waals surface area (Å²) in [5, 5.41) is 7.52. The number of urea groups is 1. The molecule has 0 aliphatic carbocycles. The van der Waals surface area contributed by atoms with Gasteiger partial charge in [-0.3, -0.25) is 4.79 Å².